The van der Waals surface area contributed by atoms with Gasteiger partial charge >= 0.3 is 0 Å². The van der Waals surface area contributed by atoms with Gasteiger partial charge in [-0.15, -0.1) is 0 Å². The molecule has 0 bridgehead atoms. The first kappa shape index (κ1) is 32.0. The highest BCUT2D eigenvalue weighted by Gasteiger charge is 2.70. The van der Waals surface area contributed by atoms with Crippen molar-refractivity contribution in [1.82, 2.24) is 0 Å². The molecule has 1 N–H and O–H groups in total. The topological polar surface area (TPSA) is 95.0 Å². The summed E-state index contributed by atoms with van der Waals surface area (Å²) in [6.45, 7) is 3.64. The molecule has 0 unspecified atom stereocenters. The zero-order valence-electron chi connectivity index (χ0n) is 26.8. The number of aromatic hydroxyl groups is 1. The third kappa shape index (κ3) is 4.59. The Hall–Kier alpha value is -4.28. The van der Waals surface area contributed by atoms with E-state index in [9.17, 15) is 19.5 Å². The van der Waals surface area contributed by atoms with Gasteiger partial charge < -0.3 is 5.11 Å². The SMILES string of the molecule is Cc1cc([C@H]2C3=CC[C@@H]4C(=O)N(c5ccc(I)cc5)C(=O)[C@@H]4[C@@H]3C[C@H]3C(=O)N(c4cccc(Cl)c4)C(=O)[C@@]23c2ccccc2)cc(C)c1O. The van der Waals surface area contributed by atoms with E-state index in [0.29, 0.717) is 39.5 Å². The molecule has 0 radical (unpaired) electrons. The van der Waals surface area contributed by atoms with Crippen molar-refractivity contribution >= 4 is 69.2 Å². The number of aryl methyl sites for hydroxylation is 2. The van der Waals surface area contributed by atoms with E-state index in [1.165, 1.54) is 9.80 Å². The fraction of sp³-hybridized carbons (Fsp3) is 0.250. The Bertz CT molecular complexity index is 2090. The summed E-state index contributed by atoms with van der Waals surface area (Å²) < 4.78 is 0.988. The lowest BCUT2D eigenvalue weighted by atomic mass is 9.49. The number of phenols is 1. The van der Waals surface area contributed by atoms with Gasteiger partial charge in [-0.3, -0.25) is 24.1 Å². The van der Waals surface area contributed by atoms with Crippen molar-refractivity contribution in [3.05, 3.63) is 133 Å². The number of hydrogen-bond donors (Lipinski definition) is 1. The van der Waals surface area contributed by atoms with Crippen LogP contribution in [-0.4, -0.2) is 28.7 Å². The number of carbonyl (C=O) groups is 4. The van der Waals surface area contributed by atoms with Crippen LogP contribution in [0.2, 0.25) is 5.02 Å². The van der Waals surface area contributed by atoms with Gasteiger partial charge in [0, 0.05) is 14.5 Å². The van der Waals surface area contributed by atoms with Crippen LogP contribution in [0, 0.1) is 41.1 Å². The summed E-state index contributed by atoms with van der Waals surface area (Å²) in [6, 6.07) is 27.3. The van der Waals surface area contributed by atoms with E-state index in [4.69, 9.17) is 11.6 Å². The Morgan fingerprint density at radius 2 is 1.47 bits per heavy atom. The molecule has 8 rings (SSSR count). The summed E-state index contributed by atoms with van der Waals surface area (Å²) in [4.78, 5) is 61.3. The van der Waals surface area contributed by atoms with Crippen LogP contribution in [0.4, 0.5) is 11.4 Å². The second-order valence-corrected chi connectivity index (χ2v) is 15.3. The first-order chi connectivity index (χ1) is 23.5. The molecule has 49 heavy (non-hydrogen) atoms. The van der Waals surface area contributed by atoms with Crippen LogP contribution >= 0.6 is 34.2 Å². The maximum absolute atomic E-state index is 15.3. The van der Waals surface area contributed by atoms with Gasteiger partial charge in [-0.05, 0) is 120 Å². The average molecular weight is 783 g/mol. The van der Waals surface area contributed by atoms with Crippen molar-refractivity contribution in [2.75, 3.05) is 9.80 Å². The fourth-order valence-electron chi connectivity index (χ4n) is 9.12. The van der Waals surface area contributed by atoms with Crippen LogP contribution in [0.1, 0.15) is 41.0 Å². The molecular formula is C40H32ClIN2O5. The molecular weight excluding hydrogens is 751 g/mol. The van der Waals surface area contributed by atoms with Crippen LogP contribution in [0.25, 0.3) is 0 Å². The Morgan fingerprint density at radius 3 is 2.14 bits per heavy atom. The molecule has 246 valence electrons. The van der Waals surface area contributed by atoms with Gasteiger partial charge in [-0.25, -0.2) is 4.90 Å². The molecule has 2 aliphatic carbocycles. The Balaban J connectivity index is 1.37. The first-order valence-corrected chi connectivity index (χ1v) is 17.8. The van der Waals surface area contributed by atoms with Gasteiger partial charge in [0.2, 0.25) is 23.6 Å². The summed E-state index contributed by atoms with van der Waals surface area (Å²) in [6.07, 6.45) is 2.61. The van der Waals surface area contributed by atoms with Gasteiger partial charge in [0.15, 0.2) is 0 Å². The number of carbonyl (C=O) groups excluding carboxylic acids is 4. The highest BCUT2D eigenvalue weighted by Crippen LogP contribution is 2.64. The lowest BCUT2D eigenvalue weighted by Crippen LogP contribution is -2.53. The molecule has 4 aliphatic rings. The normalized spacial score (nSPS) is 27.6. The van der Waals surface area contributed by atoms with Crippen molar-refractivity contribution in [1.29, 1.82) is 0 Å². The number of fused-ring (bicyclic) bond motifs is 4. The molecule has 4 amide bonds. The van der Waals surface area contributed by atoms with E-state index in [2.05, 4.69) is 28.7 Å². The smallest absolute Gasteiger partial charge is 0.246 e. The number of phenolic OH excluding ortho intramolecular Hbond substituents is 1. The van der Waals surface area contributed by atoms with Gasteiger partial charge in [0.25, 0.3) is 0 Å². The third-order valence-electron chi connectivity index (χ3n) is 11.1. The maximum Gasteiger partial charge on any atom is 0.246 e. The average Bonchev–Trinajstić information content (AvgIpc) is 3.48. The standard InChI is InChI=1S/C40H32ClIN2O5/c1-21-17-23(18-22(2)35(21)45)34-29-15-16-30-33(38(48)43(36(30)46)27-13-11-26(42)12-14-27)31(29)20-32-37(47)44(28-10-6-9-25(41)19-28)39(49)40(32,34)24-7-4-3-5-8-24/h3-15,17-19,30-34,45H,16,20H2,1-2H3/t30-,31+,32-,33-,34-,40+/m0/s1. The molecule has 4 aromatic rings. The molecule has 0 spiro atoms. The van der Waals surface area contributed by atoms with E-state index < -0.39 is 35.0 Å². The largest absolute Gasteiger partial charge is 0.507 e. The number of nitrogens with zero attached hydrogens (tertiary/aromatic N) is 2. The van der Waals surface area contributed by atoms with Gasteiger partial charge in [-0.2, -0.15) is 0 Å². The number of imide groups is 2. The number of rotatable bonds is 4. The summed E-state index contributed by atoms with van der Waals surface area (Å²) in [5.74, 6) is -4.32. The number of hydrogen-bond acceptors (Lipinski definition) is 5. The first-order valence-electron chi connectivity index (χ1n) is 16.4. The predicted octanol–water partition coefficient (Wildman–Crippen LogP) is 7.63. The van der Waals surface area contributed by atoms with Gasteiger partial charge in [0.1, 0.15) is 5.75 Å². The highest BCUT2D eigenvalue weighted by atomic mass is 127. The van der Waals surface area contributed by atoms with Crippen molar-refractivity contribution in [2.24, 2.45) is 23.7 Å². The second kappa shape index (κ2) is 11.7. The van der Waals surface area contributed by atoms with Crippen LogP contribution in [0.15, 0.2) is 103 Å². The van der Waals surface area contributed by atoms with Gasteiger partial charge in [0.05, 0.1) is 34.5 Å². The van der Waals surface area contributed by atoms with Crippen LogP contribution in [-0.2, 0) is 24.6 Å². The monoisotopic (exact) mass is 782 g/mol. The predicted molar refractivity (Wildman–Crippen MR) is 195 cm³/mol. The minimum atomic E-state index is -1.37. The van der Waals surface area contributed by atoms with Crippen molar-refractivity contribution in [2.45, 2.75) is 38.0 Å². The lowest BCUT2D eigenvalue weighted by molar-refractivity contribution is -0.127. The maximum atomic E-state index is 15.3. The quantitative estimate of drug-likeness (QED) is 0.131. The second-order valence-electron chi connectivity index (χ2n) is 13.6. The zero-order valence-corrected chi connectivity index (χ0v) is 29.7. The molecule has 2 aliphatic heterocycles. The number of allylic oxidation sites excluding steroid dienone is 2. The molecule has 7 nitrogen and oxygen atoms in total. The van der Waals surface area contributed by atoms with E-state index in [1.807, 2.05) is 68.4 Å². The fourth-order valence-corrected chi connectivity index (χ4v) is 9.66. The van der Waals surface area contributed by atoms with Crippen molar-refractivity contribution in [3.8, 4) is 5.75 Å². The number of amides is 4. The number of benzene rings is 4. The van der Waals surface area contributed by atoms with Gasteiger partial charge in [-0.1, -0.05) is 71.8 Å². The zero-order chi connectivity index (χ0) is 34.4. The molecule has 9 heteroatoms. The van der Waals surface area contributed by atoms with E-state index >= 15 is 4.79 Å². The van der Waals surface area contributed by atoms with Crippen LogP contribution < -0.4 is 9.80 Å². The number of halogens is 2. The Morgan fingerprint density at radius 1 is 0.776 bits per heavy atom. The van der Waals surface area contributed by atoms with E-state index in [-0.39, 0.29) is 35.8 Å². The molecule has 3 fully saturated rings. The summed E-state index contributed by atoms with van der Waals surface area (Å²) in [7, 11) is 0. The molecule has 2 saturated heterocycles. The molecule has 4 aromatic carbocycles. The Labute approximate surface area is 302 Å². The summed E-state index contributed by atoms with van der Waals surface area (Å²) >= 11 is 8.59. The van der Waals surface area contributed by atoms with Crippen molar-refractivity contribution in [3.63, 3.8) is 0 Å². The lowest BCUT2D eigenvalue weighted by Gasteiger charge is -2.51. The molecule has 0 aromatic heterocycles. The van der Waals surface area contributed by atoms with Crippen LogP contribution in [0.5, 0.6) is 5.75 Å². The highest BCUT2D eigenvalue weighted by molar-refractivity contribution is 14.1. The van der Waals surface area contributed by atoms with Crippen molar-refractivity contribution < 1.29 is 24.3 Å². The minimum absolute atomic E-state index is 0.165. The summed E-state index contributed by atoms with van der Waals surface area (Å²) in [5.41, 5.74) is 3.19. The molecule has 6 atom stereocenters. The molecule has 1 saturated carbocycles. The molecule has 2 heterocycles. The van der Waals surface area contributed by atoms with E-state index in [0.717, 1.165) is 14.7 Å². The summed E-state index contributed by atoms with van der Waals surface area (Å²) in [5, 5.41) is 11.2. The Kier molecular flexibility index (Phi) is 7.60. The van der Waals surface area contributed by atoms with E-state index in [1.54, 1.807) is 36.4 Å². The number of anilines is 2. The van der Waals surface area contributed by atoms with Crippen LogP contribution in [0.3, 0.4) is 0 Å². The minimum Gasteiger partial charge on any atom is -0.507 e. The third-order valence-corrected chi connectivity index (χ3v) is 12.1.